The Morgan fingerprint density at radius 1 is 1.29 bits per heavy atom. The van der Waals surface area contributed by atoms with Crippen LogP contribution in [0.2, 0.25) is 0 Å². The van der Waals surface area contributed by atoms with Crippen molar-refractivity contribution in [3.63, 3.8) is 0 Å². The molecule has 2 nitrogen and oxygen atoms in total. The van der Waals surface area contributed by atoms with Gasteiger partial charge in [-0.05, 0) is 25.2 Å². The molecule has 2 heteroatoms. The first-order valence-electron chi connectivity index (χ1n) is 6.16. The number of rotatable bonds is 4. The molecule has 2 fully saturated rings. The standard InChI is InChI=1S/C12H23NO/c1-2-7-12(14)9-13(10-12)8-11-5-3-4-6-11/h11,14H,2-10H2,1H3. The Morgan fingerprint density at radius 3 is 2.50 bits per heavy atom. The highest BCUT2D eigenvalue weighted by Gasteiger charge is 2.40. The molecule has 0 bridgehead atoms. The Balaban J connectivity index is 1.66. The highest BCUT2D eigenvalue weighted by molar-refractivity contribution is 4.95. The number of hydrogen-bond donors (Lipinski definition) is 1. The third-order valence-corrected chi connectivity index (χ3v) is 3.74. The van der Waals surface area contributed by atoms with Crippen LogP contribution in [-0.4, -0.2) is 35.2 Å². The molecule has 0 aromatic rings. The summed E-state index contributed by atoms with van der Waals surface area (Å²) in [6, 6.07) is 0. The quantitative estimate of drug-likeness (QED) is 0.745. The maximum atomic E-state index is 10.0. The van der Waals surface area contributed by atoms with Gasteiger partial charge in [0.25, 0.3) is 0 Å². The van der Waals surface area contributed by atoms with Gasteiger partial charge in [0.05, 0.1) is 5.60 Å². The number of hydrogen-bond acceptors (Lipinski definition) is 2. The molecule has 0 atom stereocenters. The zero-order chi connectivity index (χ0) is 10.0. The molecule has 82 valence electrons. The van der Waals surface area contributed by atoms with E-state index in [0.717, 1.165) is 31.8 Å². The Bertz CT molecular complexity index is 181. The fraction of sp³-hybridized carbons (Fsp3) is 1.00. The minimum atomic E-state index is -0.326. The molecule has 2 aliphatic rings. The van der Waals surface area contributed by atoms with Crippen molar-refractivity contribution in [3.8, 4) is 0 Å². The van der Waals surface area contributed by atoms with E-state index in [0.29, 0.717) is 0 Å². The summed E-state index contributed by atoms with van der Waals surface area (Å²) in [5.41, 5.74) is -0.326. The average molecular weight is 197 g/mol. The van der Waals surface area contributed by atoms with Crippen LogP contribution in [0, 0.1) is 5.92 Å². The van der Waals surface area contributed by atoms with E-state index in [1.165, 1.54) is 32.2 Å². The summed E-state index contributed by atoms with van der Waals surface area (Å²) in [5.74, 6) is 0.932. The van der Waals surface area contributed by atoms with Crippen LogP contribution in [0.5, 0.6) is 0 Å². The second-order valence-electron chi connectivity index (χ2n) is 5.29. The molecule has 0 radical (unpaired) electrons. The van der Waals surface area contributed by atoms with E-state index in [2.05, 4.69) is 11.8 Å². The Morgan fingerprint density at radius 2 is 1.93 bits per heavy atom. The lowest BCUT2D eigenvalue weighted by Crippen LogP contribution is -2.62. The fourth-order valence-electron chi connectivity index (χ4n) is 3.10. The van der Waals surface area contributed by atoms with Crippen molar-refractivity contribution in [3.05, 3.63) is 0 Å². The van der Waals surface area contributed by atoms with E-state index in [1.54, 1.807) is 0 Å². The van der Waals surface area contributed by atoms with Gasteiger partial charge in [-0.1, -0.05) is 26.2 Å². The summed E-state index contributed by atoms with van der Waals surface area (Å²) in [6.45, 7) is 5.25. The Hall–Kier alpha value is -0.0800. The summed E-state index contributed by atoms with van der Waals surface area (Å²) in [6.07, 6.45) is 7.78. The number of nitrogens with zero attached hydrogens (tertiary/aromatic N) is 1. The van der Waals surface area contributed by atoms with Crippen LogP contribution in [0.3, 0.4) is 0 Å². The van der Waals surface area contributed by atoms with Gasteiger partial charge in [0.15, 0.2) is 0 Å². The van der Waals surface area contributed by atoms with Crippen molar-refractivity contribution in [2.24, 2.45) is 5.92 Å². The van der Waals surface area contributed by atoms with Crippen LogP contribution in [0.4, 0.5) is 0 Å². The highest BCUT2D eigenvalue weighted by Crippen LogP contribution is 2.31. The molecule has 0 unspecified atom stereocenters. The second-order valence-corrected chi connectivity index (χ2v) is 5.29. The SMILES string of the molecule is CCCC1(O)CN(CC2CCCC2)C1. The molecule has 0 aromatic heterocycles. The summed E-state index contributed by atoms with van der Waals surface area (Å²) in [7, 11) is 0. The average Bonchev–Trinajstić information content (AvgIpc) is 2.54. The van der Waals surface area contributed by atoms with E-state index < -0.39 is 0 Å². The summed E-state index contributed by atoms with van der Waals surface area (Å²) in [5, 5.41) is 10.0. The zero-order valence-corrected chi connectivity index (χ0v) is 9.34. The Kier molecular flexibility index (Phi) is 3.13. The molecular formula is C12H23NO. The first kappa shape index (κ1) is 10.4. The van der Waals surface area contributed by atoms with Crippen molar-refractivity contribution in [1.29, 1.82) is 0 Å². The lowest BCUT2D eigenvalue weighted by atomic mass is 9.88. The van der Waals surface area contributed by atoms with E-state index >= 15 is 0 Å². The number of aliphatic hydroxyl groups is 1. The fourth-order valence-corrected chi connectivity index (χ4v) is 3.10. The smallest absolute Gasteiger partial charge is 0.0900 e. The molecule has 1 aliphatic heterocycles. The third-order valence-electron chi connectivity index (χ3n) is 3.74. The van der Waals surface area contributed by atoms with Gasteiger partial charge in [0.1, 0.15) is 0 Å². The normalized spacial score (nSPS) is 27.9. The van der Waals surface area contributed by atoms with Gasteiger partial charge in [0, 0.05) is 19.6 Å². The topological polar surface area (TPSA) is 23.5 Å². The molecular weight excluding hydrogens is 174 g/mol. The van der Waals surface area contributed by atoms with E-state index in [1.807, 2.05) is 0 Å². The summed E-state index contributed by atoms with van der Waals surface area (Å²) < 4.78 is 0. The lowest BCUT2D eigenvalue weighted by molar-refractivity contribution is -0.107. The number of β-amino-alcohol motifs (C(OH)–C–C–N with tert-alkyl or cyclic N) is 1. The minimum absolute atomic E-state index is 0.326. The molecule has 1 saturated carbocycles. The maximum Gasteiger partial charge on any atom is 0.0900 e. The van der Waals surface area contributed by atoms with E-state index in [-0.39, 0.29) is 5.60 Å². The maximum absolute atomic E-state index is 10.0. The predicted molar refractivity (Wildman–Crippen MR) is 58.3 cm³/mol. The van der Waals surface area contributed by atoms with Crippen molar-refractivity contribution < 1.29 is 5.11 Å². The van der Waals surface area contributed by atoms with Crippen molar-refractivity contribution >= 4 is 0 Å². The van der Waals surface area contributed by atoms with Crippen LogP contribution in [0.25, 0.3) is 0 Å². The largest absolute Gasteiger partial charge is 0.387 e. The summed E-state index contributed by atoms with van der Waals surface area (Å²) >= 11 is 0. The minimum Gasteiger partial charge on any atom is -0.387 e. The molecule has 2 rings (SSSR count). The lowest BCUT2D eigenvalue weighted by Gasteiger charge is -2.47. The monoisotopic (exact) mass is 197 g/mol. The zero-order valence-electron chi connectivity index (χ0n) is 9.34. The van der Waals surface area contributed by atoms with Gasteiger partial charge in [0.2, 0.25) is 0 Å². The first-order chi connectivity index (χ1) is 6.72. The molecule has 1 aliphatic carbocycles. The second kappa shape index (κ2) is 4.19. The molecule has 0 aromatic carbocycles. The van der Waals surface area contributed by atoms with Crippen molar-refractivity contribution in [2.75, 3.05) is 19.6 Å². The molecule has 1 saturated heterocycles. The third kappa shape index (κ3) is 2.29. The van der Waals surface area contributed by atoms with Crippen LogP contribution in [-0.2, 0) is 0 Å². The van der Waals surface area contributed by atoms with Gasteiger partial charge < -0.3 is 5.11 Å². The molecule has 0 spiro atoms. The molecule has 0 amide bonds. The van der Waals surface area contributed by atoms with Crippen molar-refractivity contribution in [1.82, 2.24) is 4.90 Å². The van der Waals surface area contributed by atoms with Crippen molar-refractivity contribution in [2.45, 2.75) is 51.0 Å². The van der Waals surface area contributed by atoms with Crippen LogP contribution in [0.1, 0.15) is 45.4 Å². The Labute approximate surface area is 87.3 Å². The first-order valence-corrected chi connectivity index (χ1v) is 6.16. The molecule has 1 N–H and O–H groups in total. The predicted octanol–water partition coefficient (Wildman–Crippen LogP) is 2.02. The van der Waals surface area contributed by atoms with Gasteiger partial charge in [-0.3, -0.25) is 4.90 Å². The van der Waals surface area contributed by atoms with Crippen LogP contribution < -0.4 is 0 Å². The van der Waals surface area contributed by atoms with Crippen LogP contribution in [0.15, 0.2) is 0 Å². The van der Waals surface area contributed by atoms with Gasteiger partial charge in [-0.25, -0.2) is 0 Å². The van der Waals surface area contributed by atoms with Gasteiger partial charge in [-0.2, -0.15) is 0 Å². The van der Waals surface area contributed by atoms with E-state index in [4.69, 9.17) is 0 Å². The highest BCUT2D eigenvalue weighted by atomic mass is 16.3. The van der Waals surface area contributed by atoms with Crippen LogP contribution >= 0.6 is 0 Å². The van der Waals surface area contributed by atoms with Gasteiger partial charge in [-0.15, -0.1) is 0 Å². The van der Waals surface area contributed by atoms with Gasteiger partial charge >= 0.3 is 0 Å². The number of likely N-dealkylation sites (tertiary alicyclic amines) is 1. The summed E-state index contributed by atoms with van der Waals surface area (Å²) in [4.78, 5) is 2.44. The molecule has 14 heavy (non-hydrogen) atoms. The molecule has 1 heterocycles. The van der Waals surface area contributed by atoms with E-state index in [9.17, 15) is 5.11 Å².